The smallest absolute Gasteiger partial charge is 0.226 e. The Morgan fingerprint density at radius 3 is 2.56 bits per heavy atom. The molecule has 4 heteroatoms. The van der Waals surface area contributed by atoms with Crippen molar-refractivity contribution in [2.45, 2.75) is 39.2 Å². The number of amides is 1. The molecule has 1 fully saturated rings. The minimum Gasteiger partial charge on any atom is -0.381 e. The van der Waals surface area contributed by atoms with Crippen molar-refractivity contribution >= 4 is 17.5 Å². The number of nitrogens with zero attached hydrogens (tertiary/aromatic N) is 1. The Balaban J connectivity index is 2.51. The SMILES string of the molecule is CC(C)N(CCCCl)C(=O)C1CCOCC1. The molecule has 0 unspecified atom stereocenters. The summed E-state index contributed by atoms with van der Waals surface area (Å²) in [5.41, 5.74) is 0. The summed E-state index contributed by atoms with van der Waals surface area (Å²) in [6.07, 6.45) is 2.60. The molecule has 1 heterocycles. The lowest BCUT2D eigenvalue weighted by molar-refractivity contribution is -0.140. The minimum absolute atomic E-state index is 0.159. The molecule has 0 aliphatic carbocycles. The molecular formula is C12H22ClNO2. The van der Waals surface area contributed by atoms with Gasteiger partial charge in [-0.3, -0.25) is 4.79 Å². The Hall–Kier alpha value is -0.280. The number of carbonyl (C=O) groups excluding carboxylic acids is 1. The molecule has 0 aromatic rings. The van der Waals surface area contributed by atoms with Gasteiger partial charge >= 0.3 is 0 Å². The van der Waals surface area contributed by atoms with Gasteiger partial charge in [0, 0.05) is 37.6 Å². The highest BCUT2D eigenvalue weighted by Crippen LogP contribution is 2.19. The Labute approximate surface area is 103 Å². The van der Waals surface area contributed by atoms with Gasteiger partial charge in [-0.25, -0.2) is 0 Å². The second-order valence-corrected chi connectivity index (χ2v) is 4.93. The van der Waals surface area contributed by atoms with Crippen LogP contribution >= 0.6 is 11.6 Å². The number of halogens is 1. The van der Waals surface area contributed by atoms with Gasteiger partial charge in [0.25, 0.3) is 0 Å². The molecule has 0 N–H and O–H groups in total. The first kappa shape index (κ1) is 13.8. The topological polar surface area (TPSA) is 29.5 Å². The molecule has 0 aromatic heterocycles. The van der Waals surface area contributed by atoms with Crippen LogP contribution in [-0.2, 0) is 9.53 Å². The van der Waals surface area contributed by atoms with Crippen LogP contribution in [0.2, 0.25) is 0 Å². The largest absolute Gasteiger partial charge is 0.381 e. The lowest BCUT2D eigenvalue weighted by Crippen LogP contribution is -2.43. The Morgan fingerprint density at radius 1 is 1.44 bits per heavy atom. The van der Waals surface area contributed by atoms with E-state index in [4.69, 9.17) is 16.3 Å². The molecule has 0 saturated carbocycles. The van der Waals surface area contributed by atoms with E-state index in [9.17, 15) is 4.79 Å². The maximum Gasteiger partial charge on any atom is 0.226 e. The van der Waals surface area contributed by atoms with Crippen molar-refractivity contribution in [2.75, 3.05) is 25.6 Å². The first-order chi connectivity index (χ1) is 7.66. The maximum absolute atomic E-state index is 12.3. The highest BCUT2D eigenvalue weighted by Gasteiger charge is 2.27. The van der Waals surface area contributed by atoms with Crippen LogP contribution in [0.3, 0.4) is 0 Å². The summed E-state index contributed by atoms with van der Waals surface area (Å²) in [6.45, 7) is 6.34. The molecule has 0 atom stereocenters. The van der Waals surface area contributed by atoms with E-state index in [0.29, 0.717) is 5.88 Å². The van der Waals surface area contributed by atoms with Crippen molar-refractivity contribution in [3.05, 3.63) is 0 Å². The summed E-state index contributed by atoms with van der Waals surface area (Å²) < 4.78 is 5.28. The molecule has 0 aromatic carbocycles. The number of rotatable bonds is 5. The first-order valence-corrected chi connectivity index (χ1v) is 6.64. The van der Waals surface area contributed by atoms with E-state index in [1.54, 1.807) is 0 Å². The van der Waals surface area contributed by atoms with Crippen LogP contribution in [0, 0.1) is 5.92 Å². The zero-order valence-corrected chi connectivity index (χ0v) is 11.0. The quantitative estimate of drug-likeness (QED) is 0.698. The van der Waals surface area contributed by atoms with Crippen molar-refractivity contribution in [1.82, 2.24) is 4.90 Å². The third-order valence-electron chi connectivity index (χ3n) is 3.01. The molecule has 0 spiro atoms. The number of ether oxygens (including phenoxy) is 1. The third-order valence-corrected chi connectivity index (χ3v) is 3.28. The number of hydrogen-bond donors (Lipinski definition) is 0. The Morgan fingerprint density at radius 2 is 2.06 bits per heavy atom. The monoisotopic (exact) mass is 247 g/mol. The van der Waals surface area contributed by atoms with Gasteiger partial charge in [-0.1, -0.05) is 0 Å². The summed E-state index contributed by atoms with van der Waals surface area (Å²) in [7, 11) is 0. The standard InChI is InChI=1S/C12H22ClNO2/c1-10(2)14(7-3-6-13)12(15)11-4-8-16-9-5-11/h10-11H,3-9H2,1-2H3. The van der Waals surface area contributed by atoms with Crippen LogP contribution in [0.25, 0.3) is 0 Å². The predicted molar refractivity (Wildman–Crippen MR) is 65.7 cm³/mol. The van der Waals surface area contributed by atoms with Gasteiger partial charge in [0.05, 0.1) is 0 Å². The molecule has 16 heavy (non-hydrogen) atoms. The van der Waals surface area contributed by atoms with E-state index < -0.39 is 0 Å². The molecule has 1 saturated heterocycles. The zero-order valence-electron chi connectivity index (χ0n) is 10.2. The van der Waals surface area contributed by atoms with Crippen LogP contribution in [0.1, 0.15) is 33.1 Å². The molecule has 1 aliphatic heterocycles. The molecule has 1 amide bonds. The second kappa shape index (κ2) is 7.13. The van der Waals surface area contributed by atoms with Crippen LogP contribution in [0.15, 0.2) is 0 Å². The van der Waals surface area contributed by atoms with Gasteiger partial charge in [0.15, 0.2) is 0 Å². The summed E-state index contributed by atoms with van der Waals surface area (Å²) in [4.78, 5) is 14.2. The summed E-state index contributed by atoms with van der Waals surface area (Å²) in [5.74, 6) is 1.06. The van der Waals surface area contributed by atoms with Gasteiger partial charge < -0.3 is 9.64 Å². The second-order valence-electron chi connectivity index (χ2n) is 4.55. The van der Waals surface area contributed by atoms with Crippen molar-refractivity contribution in [3.8, 4) is 0 Å². The summed E-state index contributed by atoms with van der Waals surface area (Å²) >= 11 is 5.68. The van der Waals surface area contributed by atoms with Crippen molar-refractivity contribution < 1.29 is 9.53 Å². The molecule has 1 rings (SSSR count). The molecule has 3 nitrogen and oxygen atoms in total. The van der Waals surface area contributed by atoms with E-state index >= 15 is 0 Å². The number of carbonyl (C=O) groups is 1. The fraction of sp³-hybridized carbons (Fsp3) is 0.917. The van der Waals surface area contributed by atoms with Crippen LogP contribution in [0.5, 0.6) is 0 Å². The first-order valence-electron chi connectivity index (χ1n) is 6.11. The van der Waals surface area contributed by atoms with E-state index in [0.717, 1.165) is 39.0 Å². The average molecular weight is 248 g/mol. The third kappa shape index (κ3) is 3.95. The van der Waals surface area contributed by atoms with Crippen molar-refractivity contribution in [2.24, 2.45) is 5.92 Å². The van der Waals surface area contributed by atoms with Gasteiger partial charge in [0.1, 0.15) is 0 Å². The van der Waals surface area contributed by atoms with E-state index in [1.165, 1.54) is 0 Å². The van der Waals surface area contributed by atoms with Gasteiger partial charge in [-0.05, 0) is 33.1 Å². The highest BCUT2D eigenvalue weighted by molar-refractivity contribution is 6.17. The van der Waals surface area contributed by atoms with Crippen molar-refractivity contribution in [1.29, 1.82) is 0 Å². The number of alkyl halides is 1. The lowest BCUT2D eigenvalue weighted by Gasteiger charge is -2.32. The predicted octanol–water partition coefficient (Wildman–Crippen LogP) is 2.28. The molecule has 1 aliphatic rings. The average Bonchev–Trinajstić information content (AvgIpc) is 2.30. The molecule has 0 bridgehead atoms. The van der Waals surface area contributed by atoms with Crippen molar-refractivity contribution in [3.63, 3.8) is 0 Å². The van der Waals surface area contributed by atoms with Crippen LogP contribution in [0.4, 0.5) is 0 Å². The summed E-state index contributed by atoms with van der Waals surface area (Å²) in [6, 6.07) is 0.263. The molecular weight excluding hydrogens is 226 g/mol. The lowest BCUT2D eigenvalue weighted by atomic mass is 9.98. The number of hydrogen-bond acceptors (Lipinski definition) is 2. The van der Waals surface area contributed by atoms with Gasteiger partial charge in [0.2, 0.25) is 5.91 Å². The van der Waals surface area contributed by atoms with E-state index in [-0.39, 0.29) is 17.9 Å². The van der Waals surface area contributed by atoms with Gasteiger partial charge in [-0.2, -0.15) is 0 Å². The molecule has 0 radical (unpaired) electrons. The fourth-order valence-electron chi connectivity index (χ4n) is 2.03. The normalized spacial score (nSPS) is 17.8. The molecule has 94 valence electrons. The summed E-state index contributed by atoms with van der Waals surface area (Å²) in [5, 5.41) is 0. The van der Waals surface area contributed by atoms with Crippen LogP contribution in [-0.4, -0.2) is 42.5 Å². The zero-order chi connectivity index (χ0) is 12.0. The Kier molecular flexibility index (Phi) is 6.14. The van der Waals surface area contributed by atoms with Crippen LogP contribution < -0.4 is 0 Å². The highest BCUT2D eigenvalue weighted by atomic mass is 35.5. The Bertz CT molecular complexity index is 215. The fourth-order valence-corrected chi connectivity index (χ4v) is 2.15. The maximum atomic E-state index is 12.3. The minimum atomic E-state index is 0.159. The van der Waals surface area contributed by atoms with E-state index in [2.05, 4.69) is 13.8 Å². The van der Waals surface area contributed by atoms with Gasteiger partial charge in [-0.15, -0.1) is 11.6 Å². The van der Waals surface area contributed by atoms with E-state index in [1.807, 2.05) is 4.90 Å².